The van der Waals surface area contributed by atoms with Crippen molar-refractivity contribution in [3.63, 3.8) is 0 Å². The normalized spacial score (nSPS) is 10.2. The number of amides is 1. The molecule has 2 aromatic rings. The molecule has 25 heavy (non-hydrogen) atoms. The third kappa shape index (κ3) is 5.56. The molecule has 0 aliphatic carbocycles. The number of furan rings is 1. The number of ether oxygens (including phenoxy) is 3. The minimum Gasteiger partial charge on any atom is -0.497 e. The second-order valence-electron chi connectivity index (χ2n) is 5.12. The highest BCUT2D eigenvalue weighted by atomic mass is 16.5. The standard InChI is InChI=1S/C18H21NO6/c1-22-14-5-7-15(8-6-14)24-13-11-19(10-9-17(20)23-2)18(21)16-4-3-12-25-16/h3-8,12H,9-11,13H2,1-2H3. The molecule has 0 aliphatic rings. The van der Waals surface area contributed by atoms with Crippen LogP contribution in [0.4, 0.5) is 0 Å². The SMILES string of the molecule is COC(=O)CCN(CCOc1ccc(OC)cc1)C(=O)c1ccco1. The van der Waals surface area contributed by atoms with Gasteiger partial charge in [-0.25, -0.2) is 0 Å². The number of carbonyl (C=O) groups excluding carboxylic acids is 2. The molecular weight excluding hydrogens is 326 g/mol. The zero-order valence-corrected chi connectivity index (χ0v) is 14.3. The van der Waals surface area contributed by atoms with Crippen LogP contribution < -0.4 is 9.47 Å². The van der Waals surface area contributed by atoms with Gasteiger partial charge in [0, 0.05) is 6.54 Å². The summed E-state index contributed by atoms with van der Waals surface area (Å²) in [5, 5.41) is 0. The summed E-state index contributed by atoms with van der Waals surface area (Å²) in [4.78, 5) is 25.3. The number of esters is 1. The molecule has 0 aliphatic heterocycles. The third-order valence-corrected chi connectivity index (χ3v) is 3.52. The number of benzene rings is 1. The second kappa shape index (κ2) is 9.36. The van der Waals surface area contributed by atoms with Gasteiger partial charge >= 0.3 is 5.97 Å². The van der Waals surface area contributed by atoms with E-state index in [1.165, 1.54) is 18.3 Å². The molecule has 0 unspecified atom stereocenters. The predicted octanol–water partition coefficient (Wildman–Crippen LogP) is 2.37. The number of methoxy groups -OCH3 is 2. The smallest absolute Gasteiger partial charge is 0.307 e. The van der Waals surface area contributed by atoms with Crippen LogP contribution >= 0.6 is 0 Å². The van der Waals surface area contributed by atoms with Gasteiger partial charge in [-0.15, -0.1) is 0 Å². The lowest BCUT2D eigenvalue weighted by Gasteiger charge is -2.21. The van der Waals surface area contributed by atoms with Crippen LogP contribution in [0.3, 0.4) is 0 Å². The summed E-state index contributed by atoms with van der Waals surface area (Å²) in [5.41, 5.74) is 0. The van der Waals surface area contributed by atoms with Gasteiger partial charge in [-0.2, -0.15) is 0 Å². The van der Waals surface area contributed by atoms with E-state index in [2.05, 4.69) is 4.74 Å². The lowest BCUT2D eigenvalue weighted by atomic mass is 10.3. The largest absolute Gasteiger partial charge is 0.497 e. The number of nitrogens with zero attached hydrogens (tertiary/aromatic N) is 1. The van der Waals surface area contributed by atoms with Crippen molar-refractivity contribution in [1.82, 2.24) is 4.90 Å². The maximum Gasteiger partial charge on any atom is 0.307 e. The fourth-order valence-electron chi connectivity index (χ4n) is 2.14. The highest BCUT2D eigenvalue weighted by Crippen LogP contribution is 2.17. The Kier molecular flexibility index (Phi) is 6.88. The van der Waals surface area contributed by atoms with E-state index in [1.54, 1.807) is 43.5 Å². The Labute approximate surface area is 146 Å². The fourth-order valence-corrected chi connectivity index (χ4v) is 2.14. The Morgan fingerprint density at radius 1 is 1.04 bits per heavy atom. The molecule has 134 valence electrons. The molecule has 2 rings (SSSR count). The molecule has 1 heterocycles. The van der Waals surface area contributed by atoms with Crippen LogP contribution in [-0.4, -0.2) is 50.7 Å². The van der Waals surface area contributed by atoms with Crippen molar-refractivity contribution in [3.8, 4) is 11.5 Å². The molecule has 0 fully saturated rings. The average molecular weight is 347 g/mol. The first-order valence-electron chi connectivity index (χ1n) is 7.80. The molecule has 0 atom stereocenters. The quantitative estimate of drug-likeness (QED) is 0.648. The van der Waals surface area contributed by atoms with Gasteiger partial charge in [-0.05, 0) is 36.4 Å². The van der Waals surface area contributed by atoms with Crippen molar-refractivity contribution in [2.45, 2.75) is 6.42 Å². The minimum atomic E-state index is -0.381. The van der Waals surface area contributed by atoms with Crippen molar-refractivity contribution in [1.29, 1.82) is 0 Å². The Morgan fingerprint density at radius 2 is 1.76 bits per heavy atom. The zero-order chi connectivity index (χ0) is 18.1. The molecule has 1 aromatic heterocycles. The summed E-state index contributed by atoms with van der Waals surface area (Å²) in [5.74, 6) is 0.939. The molecule has 1 aromatic carbocycles. The van der Waals surface area contributed by atoms with Gasteiger partial charge in [0.15, 0.2) is 5.76 Å². The van der Waals surface area contributed by atoms with Crippen LogP contribution in [0.15, 0.2) is 47.1 Å². The van der Waals surface area contributed by atoms with Crippen LogP contribution in [0.2, 0.25) is 0 Å². The van der Waals surface area contributed by atoms with E-state index in [1.807, 2.05) is 0 Å². The van der Waals surface area contributed by atoms with Gasteiger partial charge in [0.1, 0.15) is 18.1 Å². The van der Waals surface area contributed by atoms with Gasteiger partial charge in [0.2, 0.25) is 0 Å². The van der Waals surface area contributed by atoms with Crippen LogP contribution in [-0.2, 0) is 9.53 Å². The molecule has 1 amide bonds. The topological polar surface area (TPSA) is 78.2 Å². The predicted molar refractivity (Wildman–Crippen MR) is 89.7 cm³/mol. The number of hydrogen-bond acceptors (Lipinski definition) is 6. The average Bonchev–Trinajstić information content (AvgIpc) is 3.18. The van der Waals surface area contributed by atoms with Crippen LogP contribution in [0.25, 0.3) is 0 Å². The summed E-state index contributed by atoms with van der Waals surface area (Å²) in [6.07, 6.45) is 1.53. The van der Waals surface area contributed by atoms with Gasteiger partial charge < -0.3 is 23.5 Å². The lowest BCUT2D eigenvalue weighted by Crippen LogP contribution is -2.36. The number of carbonyl (C=O) groups is 2. The third-order valence-electron chi connectivity index (χ3n) is 3.52. The van der Waals surface area contributed by atoms with Crippen molar-refractivity contribution in [2.24, 2.45) is 0 Å². The van der Waals surface area contributed by atoms with Crippen LogP contribution in [0.5, 0.6) is 11.5 Å². The van der Waals surface area contributed by atoms with E-state index in [0.29, 0.717) is 12.3 Å². The van der Waals surface area contributed by atoms with Crippen molar-refractivity contribution < 1.29 is 28.2 Å². The summed E-state index contributed by atoms with van der Waals surface area (Å²) in [6.45, 7) is 0.806. The van der Waals surface area contributed by atoms with Crippen LogP contribution in [0.1, 0.15) is 17.0 Å². The summed E-state index contributed by atoms with van der Waals surface area (Å²) >= 11 is 0. The molecule has 0 saturated heterocycles. The summed E-state index contributed by atoms with van der Waals surface area (Å²) in [7, 11) is 2.91. The minimum absolute atomic E-state index is 0.103. The first-order valence-corrected chi connectivity index (χ1v) is 7.80. The van der Waals surface area contributed by atoms with Gasteiger partial charge in [0.25, 0.3) is 5.91 Å². The molecule has 0 N–H and O–H groups in total. The Balaban J connectivity index is 1.92. The van der Waals surface area contributed by atoms with E-state index in [9.17, 15) is 9.59 Å². The lowest BCUT2D eigenvalue weighted by molar-refractivity contribution is -0.140. The van der Waals surface area contributed by atoms with E-state index >= 15 is 0 Å². The second-order valence-corrected chi connectivity index (χ2v) is 5.12. The highest BCUT2D eigenvalue weighted by molar-refractivity contribution is 5.91. The van der Waals surface area contributed by atoms with Crippen molar-refractivity contribution in [2.75, 3.05) is 33.9 Å². The monoisotopic (exact) mass is 347 g/mol. The highest BCUT2D eigenvalue weighted by Gasteiger charge is 2.19. The molecule has 0 bridgehead atoms. The summed E-state index contributed by atoms with van der Waals surface area (Å²) in [6, 6.07) is 10.4. The van der Waals surface area contributed by atoms with E-state index in [0.717, 1.165) is 5.75 Å². The molecule has 0 radical (unpaired) electrons. The Hall–Kier alpha value is -2.96. The maximum absolute atomic E-state index is 12.4. The van der Waals surface area contributed by atoms with Crippen molar-refractivity contribution >= 4 is 11.9 Å². The van der Waals surface area contributed by atoms with E-state index in [4.69, 9.17) is 13.9 Å². The molecule has 7 nitrogen and oxygen atoms in total. The van der Waals surface area contributed by atoms with E-state index in [-0.39, 0.29) is 37.2 Å². The molecule has 7 heteroatoms. The van der Waals surface area contributed by atoms with Crippen molar-refractivity contribution in [3.05, 3.63) is 48.4 Å². The van der Waals surface area contributed by atoms with Gasteiger partial charge in [-0.1, -0.05) is 0 Å². The molecule has 0 saturated carbocycles. The number of hydrogen-bond donors (Lipinski definition) is 0. The zero-order valence-electron chi connectivity index (χ0n) is 14.3. The van der Waals surface area contributed by atoms with Gasteiger partial charge in [-0.3, -0.25) is 9.59 Å². The van der Waals surface area contributed by atoms with Gasteiger partial charge in [0.05, 0.1) is 33.4 Å². The molecular formula is C18H21NO6. The number of rotatable bonds is 9. The Bertz CT molecular complexity index is 665. The fraction of sp³-hybridized carbons (Fsp3) is 0.333. The molecule has 0 spiro atoms. The maximum atomic E-state index is 12.4. The van der Waals surface area contributed by atoms with Crippen LogP contribution in [0, 0.1) is 0 Å². The first kappa shape index (κ1) is 18.4. The summed E-state index contributed by atoms with van der Waals surface area (Å²) < 4.78 is 20.5. The first-order chi connectivity index (χ1) is 12.1. The van der Waals surface area contributed by atoms with E-state index < -0.39 is 0 Å². The Morgan fingerprint density at radius 3 is 2.36 bits per heavy atom.